The number of nitro groups is 1. The van der Waals surface area contributed by atoms with Crippen molar-refractivity contribution in [3.05, 3.63) is 45.3 Å². The van der Waals surface area contributed by atoms with Gasteiger partial charge < -0.3 is 31.2 Å². The molecule has 3 rings (SSSR count). The average molecular weight is 447 g/mol. The maximum atomic E-state index is 11.9. The van der Waals surface area contributed by atoms with Crippen molar-refractivity contribution < 1.29 is 14.4 Å². The molecule has 1 saturated carbocycles. The number of ether oxygens (including phenoxy) is 2. The molecule has 0 saturated heterocycles. The van der Waals surface area contributed by atoms with Gasteiger partial charge in [0.05, 0.1) is 31.4 Å². The fourth-order valence-electron chi connectivity index (χ4n) is 4.50. The highest BCUT2D eigenvalue weighted by Gasteiger charge is 2.41. The Morgan fingerprint density at radius 3 is 2.31 bits per heavy atom. The van der Waals surface area contributed by atoms with Crippen LogP contribution in [0.25, 0.3) is 0 Å². The topological polar surface area (TPSA) is 141 Å². The molecule has 0 bridgehead atoms. The molecule has 0 amide bonds. The van der Waals surface area contributed by atoms with Gasteiger partial charge in [-0.05, 0) is 62.8 Å². The number of hydrogen-bond acceptors (Lipinski definition) is 7. The standard InChI is InChI=1S/C22H34N6O4/c1-4-27-21(24)20(28(29)30)19(16-7-5-14(12-23)6-8-16)26-22(27)25-13-15-9-17(31-2)11-18(10-15)32-3/h9-11,14,16,21H,4-8,12-13,23-24H2,1-3H3,(H,25,26). The van der Waals surface area contributed by atoms with Crippen molar-refractivity contribution in [1.29, 1.82) is 0 Å². The van der Waals surface area contributed by atoms with E-state index in [0.717, 1.165) is 31.2 Å². The zero-order valence-corrected chi connectivity index (χ0v) is 19.0. The quantitative estimate of drug-likeness (QED) is 0.407. The maximum absolute atomic E-state index is 11.9. The summed E-state index contributed by atoms with van der Waals surface area (Å²) in [6.45, 7) is 3.39. The average Bonchev–Trinajstić information content (AvgIpc) is 2.81. The number of likely N-dealkylation sites (N-methyl/N-ethyl adjacent to an activating group) is 1. The molecule has 10 nitrogen and oxygen atoms in total. The Hall–Kier alpha value is -2.85. The van der Waals surface area contributed by atoms with Gasteiger partial charge in [0.1, 0.15) is 11.5 Å². The van der Waals surface area contributed by atoms with E-state index >= 15 is 0 Å². The zero-order valence-electron chi connectivity index (χ0n) is 19.0. The van der Waals surface area contributed by atoms with Gasteiger partial charge in [0, 0.05) is 18.5 Å². The van der Waals surface area contributed by atoms with Crippen LogP contribution in [-0.2, 0) is 6.54 Å². The van der Waals surface area contributed by atoms with Crippen LogP contribution in [0.4, 0.5) is 0 Å². The fraction of sp³-hybridized carbons (Fsp3) is 0.591. The van der Waals surface area contributed by atoms with E-state index in [2.05, 4.69) is 5.32 Å². The predicted molar refractivity (Wildman–Crippen MR) is 123 cm³/mol. The van der Waals surface area contributed by atoms with Crippen LogP contribution in [0.2, 0.25) is 0 Å². The second kappa shape index (κ2) is 10.6. The van der Waals surface area contributed by atoms with Crippen molar-refractivity contribution in [2.45, 2.75) is 45.3 Å². The monoisotopic (exact) mass is 446 g/mol. The molecular formula is C22H34N6O4. The lowest BCUT2D eigenvalue weighted by atomic mass is 9.79. The largest absolute Gasteiger partial charge is 0.497 e. The number of aliphatic imine (C=N–C) groups is 1. The van der Waals surface area contributed by atoms with Crippen LogP contribution in [-0.4, -0.2) is 49.3 Å². The Balaban J connectivity index is 1.91. The Bertz CT molecular complexity index is 857. The van der Waals surface area contributed by atoms with E-state index in [1.54, 1.807) is 25.2 Å². The third kappa shape index (κ3) is 5.13. The molecule has 0 spiro atoms. The first-order chi connectivity index (χ1) is 15.4. The van der Waals surface area contributed by atoms with E-state index < -0.39 is 6.17 Å². The normalized spacial score (nSPS) is 25.0. The SMILES string of the molecule is CCN1C(=NCc2cc(OC)cc(OC)c2)NC(C2CCC(CN)CC2)=C([N+](=O)[O-])C1N. The number of benzene rings is 1. The van der Waals surface area contributed by atoms with E-state index in [0.29, 0.717) is 48.7 Å². The molecule has 1 heterocycles. The molecule has 0 aromatic heterocycles. The number of allylic oxidation sites excluding steroid dienone is 1. The molecule has 32 heavy (non-hydrogen) atoms. The lowest BCUT2D eigenvalue weighted by Crippen LogP contribution is -2.58. The Labute approximate surface area is 188 Å². The molecule has 0 radical (unpaired) electrons. The summed E-state index contributed by atoms with van der Waals surface area (Å²) in [5, 5.41) is 15.2. The number of methoxy groups -OCH3 is 2. The van der Waals surface area contributed by atoms with Gasteiger partial charge >= 0.3 is 5.70 Å². The summed E-state index contributed by atoms with van der Waals surface area (Å²) in [5.41, 5.74) is 13.7. The molecule has 1 aromatic carbocycles. The van der Waals surface area contributed by atoms with Gasteiger partial charge in [-0.15, -0.1) is 0 Å². The minimum atomic E-state index is -0.864. The molecule has 1 aliphatic carbocycles. The maximum Gasteiger partial charge on any atom is 0.302 e. The number of nitrogens with two attached hydrogens (primary N) is 2. The van der Waals surface area contributed by atoms with Crippen LogP contribution in [0.1, 0.15) is 38.2 Å². The number of nitrogens with zero attached hydrogens (tertiary/aromatic N) is 3. The van der Waals surface area contributed by atoms with Gasteiger partial charge in [0.2, 0.25) is 0 Å². The van der Waals surface area contributed by atoms with Gasteiger partial charge in [-0.2, -0.15) is 0 Å². The van der Waals surface area contributed by atoms with E-state index in [1.165, 1.54) is 0 Å². The van der Waals surface area contributed by atoms with Crippen molar-refractivity contribution >= 4 is 5.96 Å². The Morgan fingerprint density at radius 1 is 1.19 bits per heavy atom. The third-order valence-corrected chi connectivity index (χ3v) is 6.36. The van der Waals surface area contributed by atoms with Crippen LogP contribution in [0.15, 0.2) is 34.6 Å². The van der Waals surface area contributed by atoms with Crippen LogP contribution < -0.4 is 26.3 Å². The Morgan fingerprint density at radius 2 is 1.81 bits per heavy atom. The van der Waals surface area contributed by atoms with E-state index in [1.807, 2.05) is 19.1 Å². The lowest BCUT2D eigenvalue weighted by molar-refractivity contribution is -0.435. The summed E-state index contributed by atoms with van der Waals surface area (Å²) < 4.78 is 10.7. The number of nitrogens with one attached hydrogen (secondary N) is 1. The summed E-state index contributed by atoms with van der Waals surface area (Å²) in [6, 6.07) is 5.57. The molecule has 2 aliphatic rings. The first kappa shape index (κ1) is 23.8. The summed E-state index contributed by atoms with van der Waals surface area (Å²) >= 11 is 0. The zero-order chi connectivity index (χ0) is 23.3. The highest BCUT2D eigenvalue weighted by molar-refractivity contribution is 5.83. The second-order valence-corrected chi connectivity index (χ2v) is 8.23. The first-order valence-corrected chi connectivity index (χ1v) is 11.1. The van der Waals surface area contributed by atoms with Gasteiger partial charge in [-0.1, -0.05) is 0 Å². The Kier molecular flexibility index (Phi) is 7.92. The molecule has 1 unspecified atom stereocenters. The number of rotatable bonds is 8. The minimum Gasteiger partial charge on any atom is -0.497 e. The van der Waals surface area contributed by atoms with Crippen LogP contribution >= 0.6 is 0 Å². The molecule has 1 fully saturated rings. The van der Waals surface area contributed by atoms with Crippen LogP contribution in [0.5, 0.6) is 11.5 Å². The van der Waals surface area contributed by atoms with E-state index in [-0.39, 0.29) is 16.5 Å². The summed E-state index contributed by atoms with van der Waals surface area (Å²) in [4.78, 5) is 18.1. The summed E-state index contributed by atoms with van der Waals surface area (Å²) in [7, 11) is 3.20. The van der Waals surface area contributed by atoms with Crippen LogP contribution in [0.3, 0.4) is 0 Å². The first-order valence-electron chi connectivity index (χ1n) is 11.1. The van der Waals surface area contributed by atoms with E-state index in [4.69, 9.17) is 25.9 Å². The molecule has 1 aromatic rings. The number of hydrogen-bond donors (Lipinski definition) is 3. The fourth-order valence-corrected chi connectivity index (χ4v) is 4.50. The summed E-state index contributed by atoms with van der Waals surface area (Å²) in [5.74, 6) is 2.42. The molecule has 5 N–H and O–H groups in total. The molecular weight excluding hydrogens is 412 g/mol. The molecule has 10 heteroatoms. The third-order valence-electron chi connectivity index (χ3n) is 6.36. The van der Waals surface area contributed by atoms with Crippen molar-refractivity contribution in [1.82, 2.24) is 10.2 Å². The van der Waals surface area contributed by atoms with E-state index in [9.17, 15) is 10.1 Å². The molecule has 1 atom stereocenters. The van der Waals surface area contributed by atoms with Crippen molar-refractivity contribution in [3.8, 4) is 11.5 Å². The summed E-state index contributed by atoms with van der Waals surface area (Å²) in [6.07, 6.45) is 2.75. The smallest absolute Gasteiger partial charge is 0.302 e. The minimum absolute atomic E-state index is 0.0325. The lowest BCUT2D eigenvalue weighted by Gasteiger charge is -2.38. The van der Waals surface area contributed by atoms with Gasteiger partial charge in [-0.3, -0.25) is 10.1 Å². The van der Waals surface area contributed by atoms with Crippen molar-refractivity contribution in [2.24, 2.45) is 28.3 Å². The van der Waals surface area contributed by atoms with Gasteiger partial charge in [0.15, 0.2) is 12.1 Å². The second-order valence-electron chi connectivity index (χ2n) is 8.23. The van der Waals surface area contributed by atoms with Crippen molar-refractivity contribution in [3.63, 3.8) is 0 Å². The highest BCUT2D eigenvalue weighted by Crippen LogP contribution is 2.35. The predicted octanol–water partition coefficient (Wildman–Crippen LogP) is 2.02. The molecule has 176 valence electrons. The number of guanidine groups is 1. The van der Waals surface area contributed by atoms with Crippen LogP contribution in [0, 0.1) is 22.0 Å². The van der Waals surface area contributed by atoms with Crippen molar-refractivity contribution in [2.75, 3.05) is 27.3 Å². The molecule has 1 aliphatic heterocycles. The van der Waals surface area contributed by atoms with Gasteiger partial charge in [0.25, 0.3) is 0 Å². The van der Waals surface area contributed by atoms with Gasteiger partial charge in [-0.25, -0.2) is 4.99 Å². The highest BCUT2D eigenvalue weighted by atomic mass is 16.6.